The number of carbonyl (C=O) groups is 1. The van der Waals surface area contributed by atoms with Crippen molar-refractivity contribution >= 4 is 17.5 Å². The van der Waals surface area contributed by atoms with E-state index in [2.05, 4.69) is 25.6 Å². The Morgan fingerprint density at radius 1 is 1.16 bits per heavy atom. The maximum Gasteiger partial charge on any atom is 0.276 e. The molecule has 0 radical (unpaired) electrons. The normalized spacial score (nSPS) is 10.0. The van der Waals surface area contributed by atoms with E-state index >= 15 is 0 Å². The molecule has 2 rings (SSSR count). The summed E-state index contributed by atoms with van der Waals surface area (Å²) in [5, 5.41) is 2.88. The molecular formula is C12H11FN4O2. The van der Waals surface area contributed by atoms with Gasteiger partial charge in [-0.15, -0.1) is 0 Å². The molecule has 1 amide bonds. The molecule has 0 saturated heterocycles. The van der Waals surface area contributed by atoms with E-state index in [1.807, 2.05) is 0 Å². The molecule has 0 unspecified atom stereocenters. The third kappa shape index (κ3) is 3.46. The second-order valence-corrected chi connectivity index (χ2v) is 3.55. The van der Waals surface area contributed by atoms with Crippen molar-refractivity contribution in [1.82, 2.24) is 15.4 Å². The lowest BCUT2D eigenvalue weighted by Gasteiger charge is -2.05. The molecule has 2 heterocycles. The summed E-state index contributed by atoms with van der Waals surface area (Å²) >= 11 is 0. The van der Waals surface area contributed by atoms with E-state index in [1.54, 1.807) is 12.1 Å². The number of anilines is 2. The Hall–Kier alpha value is -2.54. The highest BCUT2D eigenvalue weighted by molar-refractivity contribution is 5.93. The molecule has 0 spiro atoms. The molecule has 0 atom stereocenters. The number of pyridine rings is 2. The van der Waals surface area contributed by atoms with Gasteiger partial charge in [0.15, 0.2) is 0 Å². The Morgan fingerprint density at radius 2 is 1.84 bits per heavy atom. The van der Waals surface area contributed by atoms with Crippen LogP contribution >= 0.6 is 0 Å². The number of rotatable bonds is 4. The highest BCUT2D eigenvalue weighted by Crippen LogP contribution is 2.12. The molecule has 2 N–H and O–H groups in total. The Labute approximate surface area is 108 Å². The molecule has 98 valence electrons. The van der Waals surface area contributed by atoms with Crippen LogP contribution in [0.15, 0.2) is 36.7 Å². The number of carbonyl (C=O) groups excluding carboxylic acids is 1. The van der Waals surface area contributed by atoms with Gasteiger partial charge in [0.2, 0.25) is 0 Å². The molecule has 0 aliphatic carbocycles. The van der Waals surface area contributed by atoms with Gasteiger partial charge in [-0.25, -0.2) is 19.8 Å². The first-order valence-corrected chi connectivity index (χ1v) is 5.37. The number of hydrogen-bond acceptors (Lipinski definition) is 5. The first-order valence-electron chi connectivity index (χ1n) is 5.37. The monoisotopic (exact) mass is 262 g/mol. The van der Waals surface area contributed by atoms with E-state index in [4.69, 9.17) is 0 Å². The second kappa shape index (κ2) is 5.87. The molecule has 7 heteroatoms. The van der Waals surface area contributed by atoms with Crippen LogP contribution in [0.4, 0.5) is 16.0 Å². The van der Waals surface area contributed by atoms with Crippen molar-refractivity contribution in [2.45, 2.75) is 0 Å². The average Bonchev–Trinajstić information content (AvgIpc) is 2.42. The zero-order chi connectivity index (χ0) is 13.7. The van der Waals surface area contributed by atoms with E-state index < -0.39 is 5.82 Å². The Kier molecular flexibility index (Phi) is 3.99. The molecule has 6 nitrogen and oxygen atoms in total. The number of aromatic nitrogens is 2. The third-order valence-electron chi connectivity index (χ3n) is 2.20. The quantitative estimate of drug-likeness (QED) is 0.819. The van der Waals surface area contributed by atoms with E-state index in [1.165, 1.54) is 25.4 Å². The van der Waals surface area contributed by atoms with Gasteiger partial charge in [-0.3, -0.25) is 9.63 Å². The van der Waals surface area contributed by atoms with Gasteiger partial charge in [0, 0.05) is 6.20 Å². The van der Waals surface area contributed by atoms with E-state index in [0.29, 0.717) is 17.2 Å². The highest BCUT2D eigenvalue weighted by Gasteiger charge is 2.05. The van der Waals surface area contributed by atoms with Crippen LogP contribution in [0.1, 0.15) is 10.4 Å². The third-order valence-corrected chi connectivity index (χ3v) is 2.20. The van der Waals surface area contributed by atoms with Gasteiger partial charge < -0.3 is 5.32 Å². The van der Waals surface area contributed by atoms with Crippen LogP contribution in [0, 0.1) is 5.82 Å². The van der Waals surface area contributed by atoms with Crippen LogP contribution in [0.3, 0.4) is 0 Å². The number of hydrogen-bond donors (Lipinski definition) is 2. The van der Waals surface area contributed by atoms with Crippen LogP contribution in [0.2, 0.25) is 0 Å². The van der Waals surface area contributed by atoms with Crippen LogP contribution in [-0.4, -0.2) is 23.0 Å². The summed E-state index contributed by atoms with van der Waals surface area (Å²) < 4.78 is 12.7. The van der Waals surface area contributed by atoms with Crippen molar-refractivity contribution in [2.24, 2.45) is 0 Å². The molecule has 0 saturated carbocycles. The number of amides is 1. The molecule has 19 heavy (non-hydrogen) atoms. The van der Waals surface area contributed by atoms with Crippen LogP contribution < -0.4 is 10.8 Å². The average molecular weight is 262 g/mol. The number of nitrogens with one attached hydrogen (secondary N) is 2. The fourth-order valence-corrected chi connectivity index (χ4v) is 1.33. The molecule has 0 aliphatic rings. The van der Waals surface area contributed by atoms with Crippen LogP contribution in [-0.2, 0) is 4.84 Å². The van der Waals surface area contributed by atoms with Gasteiger partial charge in [-0.05, 0) is 24.3 Å². The van der Waals surface area contributed by atoms with Gasteiger partial charge >= 0.3 is 0 Å². The van der Waals surface area contributed by atoms with Crippen molar-refractivity contribution in [3.05, 3.63) is 48.0 Å². The molecule has 0 fully saturated rings. The zero-order valence-corrected chi connectivity index (χ0v) is 10.1. The number of halogens is 1. The largest absolute Gasteiger partial charge is 0.325 e. The van der Waals surface area contributed by atoms with Crippen LogP contribution in [0.25, 0.3) is 0 Å². The predicted molar refractivity (Wildman–Crippen MR) is 66.2 cm³/mol. The lowest BCUT2D eigenvalue weighted by Crippen LogP contribution is -2.21. The van der Waals surface area contributed by atoms with Crippen molar-refractivity contribution in [3.63, 3.8) is 0 Å². The summed E-state index contributed by atoms with van der Waals surface area (Å²) in [6.07, 6.45) is 2.49. The molecule has 0 bridgehead atoms. The van der Waals surface area contributed by atoms with Crippen molar-refractivity contribution in [2.75, 3.05) is 12.4 Å². The minimum atomic E-state index is -0.412. The minimum absolute atomic E-state index is 0.361. The highest BCUT2D eigenvalue weighted by atomic mass is 19.1. The van der Waals surface area contributed by atoms with Gasteiger partial charge in [0.1, 0.15) is 17.5 Å². The molecule has 0 aromatic carbocycles. The number of hydroxylamine groups is 1. The van der Waals surface area contributed by atoms with Gasteiger partial charge in [-0.2, -0.15) is 0 Å². The molecule has 0 aliphatic heterocycles. The standard InChI is InChI=1S/C12H11FN4O2/c1-19-17-12(18)8-2-4-10(14-6-8)16-11-5-3-9(13)7-15-11/h2-7H,1H3,(H,17,18)(H,14,15,16). The summed E-state index contributed by atoms with van der Waals surface area (Å²) in [5.74, 6) is 0.155. The zero-order valence-electron chi connectivity index (χ0n) is 10.1. The first kappa shape index (κ1) is 12.9. The van der Waals surface area contributed by atoms with Crippen LogP contribution in [0.5, 0.6) is 0 Å². The van der Waals surface area contributed by atoms with Crippen molar-refractivity contribution < 1.29 is 14.0 Å². The molecular weight excluding hydrogens is 251 g/mol. The fraction of sp³-hybridized carbons (Fsp3) is 0.0833. The molecule has 2 aromatic rings. The van der Waals surface area contributed by atoms with Gasteiger partial charge in [0.25, 0.3) is 5.91 Å². The minimum Gasteiger partial charge on any atom is -0.325 e. The lowest BCUT2D eigenvalue weighted by atomic mass is 10.3. The molecule has 2 aromatic heterocycles. The first-order chi connectivity index (χ1) is 9.19. The van der Waals surface area contributed by atoms with Gasteiger partial charge in [0.05, 0.1) is 18.9 Å². The Bertz CT molecular complexity index is 557. The summed E-state index contributed by atoms with van der Waals surface area (Å²) in [6.45, 7) is 0. The Balaban J connectivity index is 2.06. The summed E-state index contributed by atoms with van der Waals surface area (Å²) in [7, 11) is 1.35. The smallest absolute Gasteiger partial charge is 0.276 e. The van der Waals surface area contributed by atoms with Crippen molar-refractivity contribution in [1.29, 1.82) is 0 Å². The Morgan fingerprint density at radius 3 is 2.37 bits per heavy atom. The summed E-state index contributed by atoms with van der Waals surface area (Å²) in [4.78, 5) is 23.8. The van der Waals surface area contributed by atoms with Gasteiger partial charge in [-0.1, -0.05) is 0 Å². The summed E-state index contributed by atoms with van der Waals surface area (Å²) in [6, 6.07) is 5.96. The lowest BCUT2D eigenvalue weighted by molar-refractivity contribution is 0.0537. The van der Waals surface area contributed by atoms with E-state index in [0.717, 1.165) is 6.20 Å². The fourth-order valence-electron chi connectivity index (χ4n) is 1.33. The number of nitrogens with zero attached hydrogens (tertiary/aromatic N) is 2. The van der Waals surface area contributed by atoms with E-state index in [9.17, 15) is 9.18 Å². The topological polar surface area (TPSA) is 76.1 Å². The second-order valence-electron chi connectivity index (χ2n) is 3.55. The summed E-state index contributed by atoms with van der Waals surface area (Å²) in [5.41, 5.74) is 2.54. The SMILES string of the molecule is CONC(=O)c1ccc(Nc2ccc(F)cn2)nc1. The maximum absolute atomic E-state index is 12.7. The predicted octanol–water partition coefficient (Wildman–Crippen LogP) is 1.65. The van der Waals surface area contributed by atoms with E-state index in [-0.39, 0.29) is 5.91 Å². The maximum atomic E-state index is 12.7. The van der Waals surface area contributed by atoms with Crippen molar-refractivity contribution in [3.8, 4) is 0 Å².